The fourth-order valence-electron chi connectivity index (χ4n) is 0. The van der Waals surface area contributed by atoms with Crippen molar-refractivity contribution in [3.63, 3.8) is 0 Å². The topological polar surface area (TPSA) is 0 Å². The molecule has 0 heterocycles. The Morgan fingerprint density at radius 3 is 1.00 bits per heavy atom. The van der Waals surface area contributed by atoms with E-state index in [0.717, 1.165) is 0 Å². The van der Waals surface area contributed by atoms with Crippen LogP contribution >= 0.6 is 0 Å². The third-order valence-electron chi connectivity index (χ3n) is 0. The van der Waals surface area contributed by atoms with Crippen molar-refractivity contribution in [2.45, 2.75) is 0 Å². The number of hydrogen-bond acceptors (Lipinski definition) is 0. The first-order chi connectivity index (χ1) is 1.00. The van der Waals surface area contributed by atoms with Gasteiger partial charge in [-0.2, -0.15) is 0 Å². The molecule has 0 N–H and O–H groups in total. The summed E-state index contributed by atoms with van der Waals surface area (Å²) in [5.41, 5.74) is 0. The molecule has 0 fully saturated rings. The van der Waals surface area contributed by atoms with E-state index in [2.05, 4.69) is 13.2 Å². The van der Waals surface area contributed by atoms with E-state index in [9.17, 15) is 0 Å². The molecule has 0 aromatic carbocycles. The molecule has 2 heteroatoms. The van der Waals surface area contributed by atoms with Crippen molar-refractivity contribution in [3.8, 4) is 0 Å². The van der Waals surface area contributed by atoms with Gasteiger partial charge in [0.05, 0.1) is 0 Å². The molecule has 0 amide bonds. The molecule has 0 aliphatic rings. The van der Waals surface area contributed by atoms with Gasteiger partial charge in [-0.25, -0.2) is 0 Å². The smallest absolute Gasteiger partial charge is 0 e. The van der Waals surface area contributed by atoms with E-state index >= 15 is 0 Å². The van der Waals surface area contributed by atoms with Crippen LogP contribution in [0.1, 0.15) is 0 Å². The van der Waals surface area contributed by atoms with Crippen molar-refractivity contribution >= 4 is 29.6 Å². The zero-order valence-corrected chi connectivity index (χ0v) is 5.87. The van der Waals surface area contributed by atoms with E-state index in [4.69, 9.17) is 0 Å². The summed E-state index contributed by atoms with van der Waals surface area (Å²) in [5, 5.41) is 0. The van der Waals surface area contributed by atoms with Crippen LogP contribution in [0.4, 0.5) is 0 Å². The molecule has 0 saturated heterocycles. The Balaban J connectivity index is -0.00000000500. The third-order valence-corrected chi connectivity index (χ3v) is 0. The molecule has 0 spiro atoms. The van der Waals surface area contributed by atoms with Crippen LogP contribution in [0.5, 0.6) is 0 Å². The van der Waals surface area contributed by atoms with Gasteiger partial charge in [0.2, 0.25) is 0 Å². The second-order valence-corrected chi connectivity index (χ2v) is 0. The average molecular weight is 107 g/mol. The Bertz CT molecular complexity index is 6.00. The van der Waals surface area contributed by atoms with Crippen molar-refractivity contribution in [1.82, 2.24) is 0 Å². The fourth-order valence-corrected chi connectivity index (χ4v) is 0. The van der Waals surface area contributed by atoms with Gasteiger partial charge in [-0.1, -0.05) is 0 Å². The molecule has 1 radical (unpaired) electrons. The molecule has 0 aliphatic carbocycles. The zero-order chi connectivity index (χ0) is 2.00. The summed E-state index contributed by atoms with van der Waals surface area (Å²) < 4.78 is 0. The largest absolute Gasteiger partial charge is 0.106 e. The SMILES string of the molecule is C=C.[Fe].[Na]. The van der Waals surface area contributed by atoms with E-state index in [1.165, 1.54) is 0 Å². The third kappa shape index (κ3) is 10.5. The number of hydrogen-bond donors (Lipinski definition) is 0. The van der Waals surface area contributed by atoms with Gasteiger partial charge in [0.15, 0.2) is 0 Å². The monoisotopic (exact) mass is 107 g/mol. The Morgan fingerprint density at radius 2 is 1.00 bits per heavy atom. The quantitative estimate of drug-likeness (QED) is 0.310. The molecule has 21 valence electrons. The first-order valence-corrected chi connectivity index (χ1v) is 0.500. The van der Waals surface area contributed by atoms with Crippen LogP contribution in [0.3, 0.4) is 0 Å². The Morgan fingerprint density at radius 1 is 1.00 bits per heavy atom. The molecule has 0 aromatic rings. The summed E-state index contributed by atoms with van der Waals surface area (Å²) in [6.07, 6.45) is 0. The summed E-state index contributed by atoms with van der Waals surface area (Å²) in [6.45, 7) is 6.00. The summed E-state index contributed by atoms with van der Waals surface area (Å²) in [4.78, 5) is 0. The van der Waals surface area contributed by atoms with Crippen molar-refractivity contribution in [2.75, 3.05) is 0 Å². The van der Waals surface area contributed by atoms with Crippen LogP contribution in [0.2, 0.25) is 0 Å². The maximum atomic E-state index is 3.00. The summed E-state index contributed by atoms with van der Waals surface area (Å²) in [5.74, 6) is 0. The van der Waals surface area contributed by atoms with Crippen molar-refractivity contribution < 1.29 is 17.1 Å². The molecule has 0 unspecified atom stereocenters. The van der Waals surface area contributed by atoms with Crippen molar-refractivity contribution in [2.24, 2.45) is 0 Å². The summed E-state index contributed by atoms with van der Waals surface area (Å²) in [7, 11) is 0. The number of rotatable bonds is 0. The minimum Gasteiger partial charge on any atom is -0.106 e. The minimum atomic E-state index is 0. The maximum absolute atomic E-state index is 3.00. The van der Waals surface area contributed by atoms with Gasteiger partial charge in [0, 0.05) is 46.6 Å². The Labute approximate surface area is 59.4 Å². The fraction of sp³-hybridized carbons (Fsp3) is 0. The maximum Gasteiger partial charge on any atom is 0 e. The first kappa shape index (κ1) is 18.7. The van der Waals surface area contributed by atoms with E-state index in [1.54, 1.807) is 0 Å². The van der Waals surface area contributed by atoms with E-state index in [0.29, 0.717) is 0 Å². The Hall–Kier alpha value is 1.26. The molecular formula is C2H4FeNa. The van der Waals surface area contributed by atoms with Gasteiger partial charge in [-0.3, -0.25) is 0 Å². The van der Waals surface area contributed by atoms with E-state index < -0.39 is 0 Å². The predicted molar refractivity (Wildman–Crippen MR) is 17.0 cm³/mol. The second kappa shape index (κ2) is 28.5. The normalized spacial score (nSPS) is 1.00. The van der Waals surface area contributed by atoms with Crippen molar-refractivity contribution in [1.29, 1.82) is 0 Å². The van der Waals surface area contributed by atoms with Gasteiger partial charge in [-0.05, 0) is 0 Å². The van der Waals surface area contributed by atoms with Gasteiger partial charge >= 0.3 is 0 Å². The van der Waals surface area contributed by atoms with Crippen LogP contribution in [-0.4, -0.2) is 29.6 Å². The van der Waals surface area contributed by atoms with E-state index in [1.807, 2.05) is 0 Å². The average Bonchev–Trinajstić information content (AvgIpc) is 1.00. The standard InChI is InChI=1S/C2H4.Fe.Na/c1-2;;/h1-2H2;;. The predicted octanol–water partition coefficient (Wildman–Crippen LogP) is 0.419. The molecule has 0 aromatic heterocycles. The molecule has 0 aliphatic heterocycles. The first-order valence-electron chi connectivity index (χ1n) is 0.500. The summed E-state index contributed by atoms with van der Waals surface area (Å²) in [6, 6.07) is 0. The zero-order valence-electron chi connectivity index (χ0n) is 2.77. The Kier molecular flexibility index (Phi) is 133. The van der Waals surface area contributed by atoms with Crippen LogP contribution in [0, 0.1) is 0 Å². The molecule has 0 bridgehead atoms. The molecule has 0 saturated carbocycles. The van der Waals surface area contributed by atoms with Crippen LogP contribution in [0.25, 0.3) is 0 Å². The molecule has 0 rings (SSSR count). The van der Waals surface area contributed by atoms with Gasteiger partial charge in [0.25, 0.3) is 0 Å². The van der Waals surface area contributed by atoms with Crippen molar-refractivity contribution in [3.05, 3.63) is 13.2 Å². The molecular weight excluding hydrogens is 103 g/mol. The van der Waals surface area contributed by atoms with Crippen LogP contribution in [-0.2, 0) is 17.1 Å². The molecule has 4 heavy (non-hydrogen) atoms. The van der Waals surface area contributed by atoms with Crippen LogP contribution in [0.15, 0.2) is 13.2 Å². The molecule has 0 atom stereocenters. The van der Waals surface area contributed by atoms with Gasteiger partial charge < -0.3 is 0 Å². The minimum absolute atomic E-state index is 0. The summed E-state index contributed by atoms with van der Waals surface area (Å²) >= 11 is 0. The molecule has 0 nitrogen and oxygen atoms in total. The van der Waals surface area contributed by atoms with Crippen LogP contribution < -0.4 is 0 Å². The van der Waals surface area contributed by atoms with Gasteiger partial charge in [-0.15, -0.1) is 13.2 Å². The van der Waals surface area contributed by atoms with E-state index in [-0.39, 0.29) is 46.6 Å². The second-order valence-electron chi connectivity index (χ2n) is 0. The van der Waals surface area contributed by atoms with Gasteiger partial charge in [0.1, 0.15) is 0 Å².